The van der Waals surface area contributed by atoms with Crippen molar-refractivity contribution < 1.29 is 9.30 Å². The number of pyridine rings is 1. The lowest BCUT2D eigenvalue weighted by Gasteiger charge is -2.53. The van der Waals surface area contributed by atoms with Gasteiger partial charge in [0.1, 0.15) is 0 Å². The first kappa shape index (κ1) is 28.0. The summed E-state index contributed by atoms with van der Waals surface area (Å²) in [7, 11) is 0. The van der Waals surface area contributed by atoms with E-state index in [0.717, 1.165) is 30.7 Å². The molecule has 0 amide bonds. The smallest absolute Gasteiger partial charge is 0.221 e. The summed E-state index contributed by atoms with van der Waals surface area (Å²) in [6, 6.07) is 21.5. The van der Waals surface area contributed by atoms with Crippen LogP contribution in [0.15, 0.2) is 54.7 Å². The molecule has 0 N–H and O–H groups in total. The first-order valence-electron chi connectivity index (χ1n) is 18.5. The van der Waals surface area contributed by atoms with Crippen LogP contribution in [0.25, 0.3) is 22.0 Å². The lowest BCUT2D eigenvalue weighted by atomic mass is 9.60. The average Bonchev–Trinajstić information content (AvgIpc) is 3.41. The zero-order valence-electron chi connectivity index (χ0n) is 27.6. The molecular weight excluding hydrogens is 536 g/mol. The molecule has 9 rings (SSSR count). The Balaban J connectivity index is 1.12. The van der Waals surface area contributed by atoms with Crippen LogP contribution in [0.4, 0.5) is 0 Å². The second-order valence-electron chi connectivity index (χ2n) is 16.1. The molecule has 0 bridgehead atoms. The van der Waals surface area contributed by atoms with Gasteiger partial charge in [0.05, 0.1) is 28.6 Å². The summed E-state index contributed by atoms with van der Waals surface area (Å²) in [5.41, 5.74) is 6.21. The van der Waals surface area contributed by atoms with Crippen LogP contribution in [-0.2, 0) is 15.7 Å². The summed E-state index contributed by atoms with van der Waals surface area (Å²) in [6.07, 6.45) is 19.3. The molecule has 44 heavy (non-hydrogen) atoms. The summed E-state index contributed by atoms with van der Waals surface area (Å²) in [5, 5.41) is 2.75. The molecule has 10 unspecified atom stereocenters. The zero-order chi connectivity index (χ0) is 29.8. The van der Waals surface area contributed by atoms with Gasteiger partial charge in [-0.25, -0.2) is 0 Å². The number of fused-ring (bicyclic) bond motifs is 10. The lowest BCUT2D eigenvalue weighted by molar-refractivity contribution is -0.764. The van der Waals surface area contributed by atoms with E-state index >= 15 is 0 Å². The summed E-state index contributed by atoms with van der Waals surface area (Å²) in [5.74, 6) is 2.35. The Morgan fingerprint density at radius 1 is 0.818 bits per heavy atom. The second kappa shape index (κ2) is 10.1. The summed E-state index contributed by atoms with van der Waals surface area (Å²) < 4.78 is 9.62. The summed E-state index contributed by atoms with van der Waals surface area (Å²) >= 11 is 0. The quantitative estimate of drug-likeness (QED) is 0.283. The molecule has 2 saturated heterocycles. The van der Waals surface area contributed by atoms with Crippen LogP contribution in [0, 0.1) is 11.8 Å². The highest BCUT2D eigenvalue weighted by Gasteiger charge is 2.60. The number of rotatable bonds is 3. The maximum absolute atomic E-state index is 6.94. The highest BCUT2D eigenvalue weighted by atomic mass is 16.5. The fraction of sp³-hybridized carbons (Fsp3) is 0.634. The molecule has 3 heteroatoms. The fourth-order valence-electron chi connectivity index (χ4n) is 12.1. The molecule has 3 aromatic rings. The number of morpholine rings is 1. The van der Waals surface area contributed by atoms with Crippen molar-refractivity contribution in [3.63, 3.8) is 0 Å². The van der Waals surface area contributed by atoms with Crippen molar-refractivity contribution in [2.75, 3.05) is 0 Å². The Morgan fingerprint density at radius 2 is 1.66 bits per heavy atom. The molecule has 3 nitrogen and oxygen atoms in total. The van der Waals surface area contributed by atoms with E-state index in [1.165, 1.54) is 86.2 Å². The van der Waals surface area contributed by atoms with Gasteiger partial charge in [-0.15, -0.1) is 0 Å². The molecule has 3 aliphatic carbocycles. The van der Waals surface area contributed by atoms with Crippen molar-refractivity contribution in [2.45, 2.75) is 152 Å². The highest BCUT2D eigenvalue weighted by Crippen LogP contribution is 2.57. The third-order valence-corrected chi connectivity index (χ3v) is 14.7. The normalized spacial score (nSPS) is 40.9. The first-order chi connectivity index (χ1) is 21.5. The van der Waals surface area contributed by atoms with E-state index < -0.39 is 0 Å². The van der Waals surface area contributed by atoms with Gasteiger partial charge in [-0.1, -0.05) is 63.4 Å². The zero-order valence-corrected chi connectivity index (χ0v) is 27.6. The molecule has 6 aliphatic rings. The van der Waals surface area contributed by atoms with E-state index in [-0.39, 0.29) is 11.0 Å². The predicted octanol–water partition coefficient (Wildman–Crippen LogP) is 9.05. The Bertz CT molecular complexity index is 1600. The van der Waals surface area contributed by atoms with Crippen LogP contribution in [0.3, 0.4) is 0 Å². The molecule has 232 valence electrons. The van der Waals surface area contributed by atoms with Crippen LogP contribution >= 0.6 is 0 Å². The van der Waals surface area contributed by atoms with Gasteiger partial charge in [-0.3, -0.25) is 4.90 Å². The van der Waals surface area contributed by atoms with Gasteiger partial charge in [0.2, 0.25) is 5.69 Å². The molecule has 0 spiro atoms. The molecule has 0 radical (unpaired) electrons. The number of benzene rings is 2. The Hall–Kier alpha value is -2.23. The number of nitrogens with zero attached hydrogens (tertiary/aromatic N) is 2. The Morgan fingerprint density at radius 3 is 2.52 bits per heavy atom. The summed E-state index contributed by atoms with van der Waals surface area (Å²) in [6.45, 7) is 9.86. The topological polar surface area (TPSA) is 16.4 Å². The standard InChI is InChI=1S/C41H53N2O/c1-5-40(3)33-20-18-27(25-32(33)38-29-13-8-7-12-26(29)22-23-42(38)41(40,4)6-2)28-19-21-34-31(24-28)30-14-11-17-37-39(30)43(34)35-15-9-10-16-36(35)44-37/h7-8,12-13,18,20,22-23,25,28,30-31,34-37,39H,5-6,9-11,14-17,19,21,24H2,1-4H3/q+1. The molecule has 10 atom stereocenters. The lowest BCUT2D eigenvalue weighted by Crippen LogP contribution is -2.67. The van der Waals surface area contributed by atoms with E-state index in [1.807, 2.05) is 0 Å². The fourth-order valence-corrected chi connectivity index (χ4v) is 12.1. The molecule has 3 aliphatic heterocycles. The van der Waals surface area contributed by atoms with Crippen molar-refractivity contribution in [3.05, 3.63) is 65.9 Å². The van der Waals surface area contributed by atoms with Gasteiger partial charge in [0.15, 0.2) is 11.7 Å². The molecule has 1 aromatic heterocycles. The Labute approximate surface area is 265 Å². The predicted molar refractivity (Wildman–Crippen MR) is 179 cm³/mol. The van der Waals surface area contributed by atoms with Crippen molar-refractivity contribution in [1.82, 2.24) is 4.90 Å². The number of ether oxygens (including phenoxy) is 1. The molecule has 5 fully saturated rings. The average molecular weight is 590 g/mol. The van der Waals surface area contributed by atoms with Crippen LogP contribution in [0.5, 0.6) is 0 Å². The van der Waals surface area contributed by atoms with Crippen LogP contribution < -0.4 is 4.57 Å². The minimum absolute atomic E-state index is 0.0266. The van der Waals surface area contributed by atoms with Gasteiger partial charge >= 0.3 is 0 Å². The van der Waals surface area contributed by atoms with E-state index in [4.69, 9.17) is 4.74 Å². The minimum atomic E-state index is 0.0266. The van der Waals surface area contributed by atoms with Gasteiger partial charge in [0, 0.05) is 37.5 Å². The van der Waals surface area contributed by atoms with E-state index in [2.05, 4.69) is 91.9 Å². The molecule has 2 aromatic carbocycles. The van der Waals surface area contributed by atoms with Crippen LogP contribution in [-0.4, -0.2) is 35.2 Å². The third-order valence-electron chi connectivity index (χ3n) is 14.7. The van der Waals surface area contributed by atoms with Gasteiger partial charge in [-0.2, -0.15) is 4.57 Å². The summed E-state index contributed by atoms with van der Waals surface area (Å²) in [4.78, 5) is 3.12. The van der Waals surface area contributed by atoms with Crippen LogP contribution in [0.1, 0.15) is 122 Å². The van der Waals surface area contributed by atoms with E-state index in [9.17, 15) is 0 Å². The van der Waals surface area contributed by atoms with E-state index in [1.54, 1.807) is 11.1 Å². The third kappa shape index (κ3) is 3.66. The first-order valence-corrected chi connectivity index (χ1v) is 18.5. The van der Waals surface area contributed by atoms with Crippen molar-refractivity contribution in [3.8, 4) is 11.3 Å². The van der Waals surface area contributed by atoms with Crippen molar-refractivity contribution in [1.29, 1.82) is 0 Å². The van der Waals surface area contributed by atoms with Gasteiger partial charge in [0.25, 0.3) is 0 Å². The van der Waals surface area contributed by atoms with Crippen molar-refractivity contribution >= 4 is 10.8 Å². The van der Waals surface area contributed by atoms with Gasteiger partial charge in [-0.05, 0) is 105 Å². The molecule has 4 heterocycles. The maximum Gasteiger partial charge on any atom is 0.221 e. The number of aromatic nitrogens is 1. The second-order valence-corrected chi connectivity index (χ2v) is 16.1. The van der Waals surface area contributed by atoms with Crippen LogP contribution in [0.2, 0.25) is 0 Å². The Kier molecular flexibility index (Phi) is 6.46. The number of hydrogen-bond acceptors (Lipinski definition) is 2. The number of hydrogen-bond donors (Lipinski definition) is 0. The minimum Gasteiger partial charge on any atom is -0.372 e. The maximum atomic E-state index is 6.94. The highest BCUT2D eigenvalue weighted by molar-refractivity contribution is 5.94. The monoisotopic (exact) mass is 589 g/mol. The molecule has 3 saturated carbocycles. The molecular formula is C41H53N2O+. The SMILES string of the molecule is CCC1(C)c2ccc(C3CCC4C(C3)C3CCCC5OC6CCCCC6N4C53)cc2-c2c3ccccc3cc[n+]2C1(C)CC. The van der Waals surface area contributed by atoms with Crippen molar-refractivity contribution in [2.24, 2.45) is 11.8 Å². The van der Waals surface area contributed by atoms with Gasteiger partial charge < -0.3 is 4.74 Å². The largest absolute Gasteiger partial charge is 0.372 e. The van der Waals surface area contributed by atoms with E-state index in [0.29, 0.717) is 30.2 Å².